The van der Waals surface area contributed by atoms with Crippen LogP contribution >= 0.6 is 23.2 Å². The Morgan fingerprint density at radius 3 is 2.54 bits per heavy atom. The van der Waals surface area contributed by atoms with Crippen LogP contribution in [0.3, 0.4) is 0 Å². The van der Waals surface area contributed by atoms with Crippen LogP contribution in [0, 0.1) is 0 Å². The highest BCUT2D eigenvalue weighted by atomic mass is 35.5. The number of nitrogens with one attached hydrogen (secondary N) is 3. The van der Waals surface area contributed by atoms with Gasteiger partial charge in [0.05, 0.1) is 15.6 Å². The fraction of sp³-hybridized carbons (Fsp3) is 0.650. The van der Waals surface area contributed by atoms with Crippen molar-refractivity contribution < 1.29 is 9.18 Å². The van der Waals surface area contributed by atoms with E-state index in [1.165, 1.54) is 0 Å². The molecule has 3 rings (SSSR count). The molecule has 1 aromatic rings. The molecule has 0 aromatic heterocycles. The van der Waals surface area contributed by atoms with Crippen LogP contribution in [0.5, 0.6) is 0 Å². The van der Waals surface area contributed by atoms with E-state index in [-0.39, 0.29) is 12.1 Å². The lowest BCUT2D eigenvalue weighted by atomic mass is 9.67. The van der Waals surface area contributed by atoms with E-state index < -0.39 is 11.2 Å². The van der Waals surface area contributed by atoms with Crippen LogP contribution in [-0.4, -0.2) is 55.9 Å². The Morgan fingerprint density at radius 1 is 1.29 bits per heavy atom. The first-order valence-electron chi connectivity index (χ1n) is 9.89. The van der Waals surface area contributed by atoms with E-state index in [9.17, 15) is 4.79 Å². The maximum Gasteiger partial charge on any atom is 0.314 e. The van der Waals surface area contributed by atoms with Crippen molar-refractivity contribution in [1.29, 1.82) is 0 Å². The van der Waals surface area contributed by atoms with Gasteiger partial charge in [-0.3, -0.25) is 4.90 Å². The third kappa shape index (κ3) is 3.97. The quantitative estimate of drug-likeness (QED) is 0.682. The molecular formula is C20H29Cl2FN4O. The molecule has 5 nitrogen and oxygen atoms in total. The van der Waals surface area contributed by atoms with Crippen LogP contribution in [0.25, 0.3) is 0 Å². The lowest BCUT2D eigenvalue weighted by Crippen LogP contribution is -2.63. The molecule has 1 heterocycles. The molecule has 2 aliphatic rings. The Balaban J connectivity index is 1.93. The summed E-state index contributed by atoms with van der Waals surface area (Å²) in [6, 6.07) is 5.23. The maximum atomic E-state index is 16.7. The van der Waals surface area contributed by atoms with Gasteiger partial charge in [0.25, 0.3) is 0 Å². The van der Waals surface area contributed by atoms with Gasteiger partial charge in [0.15, 0.2) is 0 Å². The van der Waals surface area contributed by atoms with Crippen molar-refractivity contribution in [1.82, 2.24) is 20.9 Å². The van der Waals surface area contributed by atoms with Gasteiger partial charge in [-0.1, -0.05) is 35.3 Å². The molecule has 3 N–H and O–H groups in total. The van der Waals surface area contributed by atoms with Crippen molar-refractivity contribution in [3.05, 3.63) is 33.8 Å². The number of halogens is 3. The van der Waals surface area contributed by atoms with E-state index in [0.29, 0.717) is 35.7 Å². The monoisotopic (exact) mass is 430 g/mol. The lowest BCUT2D eigenvalue weighted by Gasteiger charge is -2.54. The standard InChI is InChI=1S/C20H29Cl2FN4O/c1-19(27-12-10-25-11-13-27,15-4-3-5-16(21)17(15)22)20(23)8-6-14(7-9-20)26-18(28)24-2/h3-5,14,25H,6-13H2,1-2H3,(H2,24,26,28). The molecule has 0 bridgehead atoms. The zero-order chi connectivity index (χ0) is 20.4. The molecule has 2 fully saturated rings. The molecule has 1 aliphatic carbocycles. The Hall–Kier alpha value is -1.08. The number of rotatable bonds is 4. The van der Waals surface area contributed by atoms with Gasteiger partial charge in [0.1, 0.15) is 5.67 Å². The van der Waals surface area contributed by atoms with E-state index in [0.717, 1.165) is 31.7 Å². The highest BCUT2D eigenvalue weighted by molar-refractivity contribution is 6.42. The minimum Gasteiger partial charge on any atom is -0.341 e. The van der Waals surface area contributed by atoms with Gasteiger partial charge >= 0.3 is 6.03 Å². The second kappa shape index (κ2) is 8.74. The number of hydrogen-bond acceptors (Lipinski definition) is 3. The zero-order valence-corrected chi connectivity index (χ0v) is 18.0. The molecule has 1 atom stereocenters. The van der Waals surface area contributed by atoms with E-state index in [4.69, 9.17) is 23.2 Å². The molecule has 28 heavy (non-hydrogen) atoms. The van der Waals surface area contributed by atoms with E-state index in [1.54, 1.807) is 13.1 Å². The predicted molar refractivity (Wildman–Crippen MR) is 112 cm³/mol. The van der Waals surface area contributed by atoms with Crippen molar-refractivity contribution >= 4 is 29.2 Å². The third-order valence-corrected chi connectivity index (χ3v) is 7.26. The number of nitrogens with zero attached hydrogens (tertiary/aromatic N) is 1. The summed E-state index contributed by atoms with van der Waals surface area (Å²) in [6.45, 7) is 5.06. The smallest absolute Gasteiger partial charge is 0.314 e. The second-order valence-corrected chi connectivity index (χ2v) is 8.66. The molecule has 1 unspecified atom stereocenters. The highest BCUT2D eigenvalue weighted by Crippen LogP contribution is 2.51. The molecule has 0 radical (unpaired) electrons. The van der Waals surface area contributed by atoms with Gasteiger partial charge in [0, 0.05) is 39.3 Å². The van der Waals surface area contributed by atoms with Gasteiger partial charge in [-0.05, 0) is 44.2 Å². The predicted octanol–water partition coefficient (Wildman–Crippen LogP) is 3.69. The molecule has 1 aliphatic heterocycles. The summed E-state index contributed by atoms with van der Waals surface area (Å²) >= 11 is 12.9. The van der Waals surface area contributed by atoms with Gasteiger partial charge < -0.3 is 16.0 Å². The number of hydrogen-bond donors (Lipinski definition) is 3. The molecular weight excluding hydrogens is 402 g/mol. The number of urea groups is 1. The lowest BCUT2D eigenvalue weighted by molar-refractivity contribution is -0.0833. The summed E-state index contributed by atoms with van der Waals surface area (Å²) in [4.78, 5) is 13.8. The molecule has 1 saturated carbocycles. The summed E-state index contributed by atoms with van der Waals surface area (Å²) in [5.41, 5.74) is -1.63. The number of carbonyl (C=O) groups excluding carboxylic acids is 1. The average molecular weight is 431 g/mol. The summed E-state index contributed by atoms with van der Waals surface area (Å²) in [7, 11) is 1.58. The Morgan fingerprint density at radius 2 is 1.93 bits per heavy atom. The van der Waals surface area contributed by atoms with Crippen LogP contribution in [0.2, 0.25) is 10.0 Å². The molecule has 8 heteroatoms. The maximum absolute atomic E-state index is 16.7. The normalized spacial score (nSPS) is 28.4. The molecule has 1 saturated heterocycles. The zero-order valence-electron chi connectivity index (χ0n) is 16.5. The summed E-state index contributed by atoms with van der Waals surface area (Å²) < 4.78 is 16.7. The Labute approximate surface area is 176 Å². The SMILES string of the molecule is CNC(=O)NC1CCC(F)(C(C)(c2cccc(Cl)c2Cl)N2CCNCC2)CC1. The van der Waals surface area contributed by atoms with E-state index in [1.807, 2.05) is 19.1 Å². The van der Waals surface area contributed by atoms with Crippen LogP contribution in [-0.2, 0) is 5.54 Å². The number of carbonyl (C=O) groups is 1. The molecule has 1 aromatic carbocycles. The van der Waals surface area contributed by atoms with Crippen molar-refractivity contribution in [3.63, 3.8) is 0 Å². The molecule has 0 spiro atoms. The first-order valence-corrected chi connectivity index (χ1v) is 10.6. The van der Waals surface area contributed by atoms with Gasteiger partial charge in [0.2, 0.25) is 0 Å². The van der Waals surface area contributed by atoms with E-state index >= 15 is 4.39 Å². The van der Waals surface area contributed by atoms with Crippen molar-refractivity contribution in [2.45, 2.75) is 49.9 Å². The number of piperazine rings is 1. The van der Waals surface area contributed by atoms with E-state index in [2.05, 4.69) is 20.9 Å². The first-order chi connectivity index (χ1) is 13.3. The van der Waals surface area contributed by atoms with Gasteiger partial charge in [-0.25, -0.2) is 9.18 Å². The van der Waals surface area contributed by atoms with Crippen LogP contribution in [0.4, 0.5) is 9.18 Å². The third-order valence-electron chi connectivity index (χ3n) is 6.44. The van der Waals surface area contributed by atoms with Gasteiger partial charge in [-0.15, -0.1) is 0 Å². The molecule has 156 valence electrons. The van der Waals surface area contributed by atoms with Crippen LogP contribution in [0.15, 0.2) is 18.2 Å². The fourth-order valence-electron chi connectivity index (χ4n) is 4.65. The fourth-order valence-corrected chi connectivity index (χ4v) is 5.14. The Kier molecular flexibility index (Phi) is 6.75. The summed E-state index contributed by atoms with van der Waals surface area (Å²) in [6.07, 6.45) is 1.88. The summed E-state index contributed by atoms with van der Waals surface area (Å²) in [5, 5.41) is 9.68. The minimum atomic E-state index is -1.47. The number of alkyl halides is 1. The van der Waals surface area contributed by atoms with Crippen LogP contribution < -0.4 is 16.0 Å². The summed E-state index contributed by atoms with van der Waals surface area (Å²) in [5.74, 6) is 0. The highest BCUT2D eigenvalue weighted by Gasteiger charge is 2.55. The number of amides is 2. The number of benzene rings is 1. The van der Waals surface area contributed by atoms with Crippen LogP contribution in [0.1, 0.15) is 38.2 Å². The van der Waals surface area contributed by atoms with Crippen molar-refractivity contribution in [3.8, 4) is 0 Å². The van der Waals surface area contributed by atoms with Crippen molar-refractivity contribution in [2.24, 2.45) is 0 Å². The Bertz CT molecular complexity index is 705. The molecule has 2 amide bonds. The first kappa shape index (κ1) is 21.6. The average Bonchev–Trinajstić information content (AvgIpc) is 2.71. The second-order valence-electron chi connectivity index (χ2n) is 7.87. The topological polar surface area (TPSA) is 56.4 Å². The van der Waals surface area contributed by atoms with Crippen molar-refractivity contribution in [2.75, 3.05) is 33.2 Å². The minimum absolute atomic E-state index is 0.0223. The largest absolute Gasteiger partial charge is 0.341 e. The van der Waals surface area contributed by atoms with Gasteiger partial charge in [-0.2, -0.15) is 0 Å².